The topological polar surface area (TPSA) is 47.7 Å². The summed E-state index contributed by atoms with van der Waals surface area (Å²) in [5.41, 5.74) is 5.60. The Kier molecular flexibility index (Phi) is 2.92. The van der Waals surface area contributed by atoms with Crippen molar-refractivity contribution < 1.29 is 0 Å². The van der Waals surface area contributed by atoms with Gasteiger partial charge in [0.2, 0.25) is 0 Å². The van der Waals surface area contributed by atoms with Crippen LogP contribution in [-0.2, 0) is 20.6 Å². The highest BCUT2D eigenvalue weighted by Crippen LogP contribution is 2.19. The summed E-state index contributed by atoms with van der Waals surface area (Å²) in [5, 5.41) is 12.1. The number of aryl methyl sites for hydroxylation is 4. The third-order valence-electron chi connectivity index (χ3n) is 3.08. The van der Waals surface area contributed by atoms with Gasteiger partial charge in [-0.05, 0) is 20.8 Å². The van der Waals surface area contributed by atoms with Crippen LogP contribution in [-0.4, -0.2) is 19.6 Å². The van der Waals surface area contributed by atoms with Gasteiger partial charge in [-0.2, -0.15) is 10.2 Å². The molecule has 0 unspecified atom stereocenters. The minimum Gasteiger partial charge on any atom is -0.378 e. The van der Waals surface area contributed by atoms with Crippen LogP contribution in [0.15, 0.2) is 6.20 Å². The molecule has 5 nitrogen and oxygen atoms in total. The van der Waals surface area contributed by atoms with Gasteiger partial charge in [-0.3, -0.25) is 9.36 Å². The Morgan fingerprint density at radius 2 is 1.82 bits per heavy atom. The fourth-order valence-electron chi connectivity index (χ4n) is 2.04. The van der Waals surface area contributed by atoms with E-state index in [1.54, 1.807) is 0 Å². The van der Waals surface area contributed by atoms with Gasteiger partial charge in [-0.25, -0.2) is 0 Å². The van der Waals surface area contributed by atoms with E-state index in [4.69, 9.17) is 0 Å². The number of hydrogen-bond acceptors (Lipinski definition) is 3. The largest absolute Gasteiger partial charge is 0.378 e. The maximum atomic E-state index is 4.38. The van der Waals surface area contributed by atoms with E-state index in [1.807, 2.05) is 43.5 Å². The molecule has 0 aromatic carbocycles. The number of anilines is 1. The van der Waals surface area contributed by atoms with E-state index in [9.17, 15) is 0 Å². The fourth-order valence-corrected chi connectivity index (χ4v) is 2.04. The average Bonchev–Trinajstić information content (AvgIpc) is 2.67. The number of nitrogens with zero attached hydrogens (tertiary/aromatic N) is 4. The van der Waals surface area contributed by atoms with Crippen LogP contribution >= 0.6 is 0 Å². The van der Waals surface area contributed by atoms with Crippen molar-refractivity contribution in [3.8, 4) is 0 Å². The van der Waals surface area contributed by atoms with Crippen LogP contribution in [0.1, 0.15) is 22.6 Å². The van der Waals surface area contributed by atoms with E-state index in [1.165, 1.54) is 5.56 Å². The van der Waals surface area contributed by atoms with E-state index < -0.39 is 0 Å². The van der Waals surface area contributed by atoms with Crippen LogP contribution < -0.4 is 5.32 Å². The van der Waals surface area contributed by atoms with Gasteiger partial charge in [0.25, 0.3) is 0 Å². The first-order valence-corrected chi connectivity index (χ1v) is 5.72. The standard InChI is InChI=1S/C12H19N5/c1-8-11(7-16(4)14-8)6-13-12-9(2)15-17(5)10(12)3/h7,13H,6H2,1-5H3. The van der Waals surface area contributed by atoms with Gasteiger partial charge in [0, 0.05) is 32.4 Å². The molecule has 0 atom stereocenters. The molecule has 2 aromatic rings. The lowest BCUT2D eigenvalue weighted by atomic mass is 10.2. The molecule has 5 heteroatoms. The highest BCUT2D eigenvalue weighted by molar-refractivity contribution is 5.52. The second kappa shape index (κ2) is 4.24. The first-order valence-electron chi connectivity index (χ1n) is 5.72. The number of rotatable bonds is 3. The van der Waals surface area contributed by atoms with Gasteiger partial charge in [0.05, 0.1) is 22.8 Å². The lowest BCUT2D eigenvalue weighted by Crippen LogP contribution is -2.02. The SMILES string of the molecule is Cc1nn(C)cc1CNc1c(C)nn(C)c1C. The zero-order valence-electron chi connectivity index (χ0n) is 11.1. The highest BCUT2D eigenvalue weighted by atomic mass is 15.3. The number of nitrogens with one attached hydrogen (secondary N) is 1. The van der Waals surface area contributed by atoms with Gasteiger partial charge < -0.3 is 5.32 Å². The first-order chi connectivity index (χ1) is 7.99. The molecule has 0 spiro atoms. The molecule has 1 N–H and O–H groups in total. The minimum absolute atomic E-state index is 0.785. The quantitative estimate of drug-likeness (QED) is 0.877. The van der Waals surface area contributed by atoms with E-state index in [-0.39, 0.29) is 0 Å². The van der Waals surface area contributed by atoms with Gasteiger partial charge in [0.15, 0.2) is 0 Å². The normalized spacial score (nSPS) is 10.9. The van der Waals surface area contributed by atoms with Crippen molar-refractivity contribution >= 4 is 5.69 Å². The summed E-state index contributed by atoms with van der Waals surface area (Å²) in [7, 11) is 3.90. The molecule has 0 aliphatic rings. The monoisotopic (exact) mass is 233 g/mol. The van der Waals surface area contributed by atoms with Crippen LogP contribution in [0.2, 0.25) is 0 Å². The Hall–Kier alpha value is -1.78. The molecule has 2 aromatic heterocycles. The molecule has 0 saturated carbocycles. The van der Waals surface area contributed by atoms with Crippen LogP contribution in [0.25, 0.3) is 0 Å². The minimum atomic E-state index is 0.785. The van der Waals surface area contributed by atoms with Crippen LogP contribution in [0.3, 0.4) is 0 Å². The lowest BCUT2D eigenvalue weighted by Gasteiger charge is -2.05. The summed E-state index contributed by atoms with van der Waals surface area (Å²) >= 11 is 0. The van der Waals surface area contributed by atoms with Crippen molar-refractivity contribution in [1.82, 2.24) is 19.6 Å². The molecule has 17 heavy (non-hydrogen) atoms. The maximum Gasteiger partial charge on any atom is 0.0827 e. The molecule has 0 aliphatic heterocycles. The summed E-state index contributed by atoms with van der Waals surface area (Å²) in [5.74, 6) is 0. The zero-order chi connectivity index (χ0) is 12.6. The van der Waals surface area contributed by atoms with Crippen molar-refractivity contribution in [3.05, 3.63) is 28.8 Å². The molecule has 92 valence electrons. The molecule has 2 rings (SSSR count). The van der Waals surface area contributed by atoms with Crippen LogP contribution in [0, 0.1) is 20.8 Å². The van der Waals surface area contributed by atoms with Crippen molar-refractivity contribution in [1.29, 1.82) is 0 Å². The summed E-state index contributed by atoms with van der Waals surface area (Å²) in [4.78, 5) is 0. The smallest absolute Gasteiger partial charge is 0.0827 e. The molecular weight excluding hydrogens is 214 g/mol. The second-order valence-electron chi connectivity index (χ2n) is 4.44. The molecule has 0 radical (unpaired) electrons. The van der Waals surface area contributed by atoms with E-state index >= 15 is 0 Å². The molecule has 0 bridgehead atoms. The Balaban J connectivity index is 2.15. The van der Waals surface area contributed by atoms with E-state index in [0.29, 0.717) is 0 Å². The molecule has 0 saturated heterocycles. The third-order valence-corrected chi connectivity index (χ3v) is 3.08. The predicted molar refractivity (Wildman–Crippen MR) is 68.0 cm³/mol. The summed E-state index contributed by atoms with van der Waals surface area (Å²) < 4.78 is 3.74. The van der Waals surface area contributed by atoms with E-state index in [0.717, 1.165) is 29.3 Å². The highest BCUT2D eigenvalue weighted by Gasteiger charge is 2.10. The Morgan fingerprint density at radius 1 is 1.12 bits per heavy atom. The van der Waals surface area contributed by atoms with E-state index in [2.05, 4.69) is 22.4 Å². The molecular formula is C12H19N5. The van der Waals surface area contributed by atoms with Crippen LogP contribution in [0.5, 0.6) is 0 Å². The summed E-state index contributed by atoms with van der Waals surface area (Å²) in [6, 6.07) is 0. The number of aromatic nitrogens is 4. The average molecular weight is 233 g/mol. The van der Waals surface area contributed by atoms with Crippen LogP contribution in [0.4, 0.5) is 5.69 Å². The third kappa shape index (κ3) is 2.18. The van der Waals surface area contributed by atoms with Gasteiger partial charge in [-0.1, -0.05) is 0 Å². The molecule has 0 fully saturated rings. The van der Waals surface area contributed by atoms with Crippen molar-refractivity contribution in [3.63, 3.8) is 0 Å². The summed E-state index contributed by atoms with van der Waals surface area (Å²) in [6.07, 6.45) is 2.05. The Bertz CT molecular complexity index is 535. The second-order valence-corrected chi connectivity index (χ2v) is 4.44. The van der Waals surface area contributed by atoms with Gasteiger partial charge in [0.1, 0.15) is 0 Å². The first kappa shape index (κ1) is 11.7. The Morgan fingerprint density at radius 3 is 2.29 bits per heavy atom. The molecule has 0 aliphatic carbocycles. The zero-order valence-corrected chi connectivity index (χ0v) is 11.1. The van der Waals surface area contributed by atoms with Crippen molar-refractivity contribution in [2.24, 2.45) is 14.1 Å². The fraction of sp³-hybridized carbons (Fsp3) is 0.500. The van der Waals surface area contributed by atoms with Gasteiger partial charge >= 0.3 is 0 Å². The molecule has 2 heterocycles. The molecule has 0 amide bonds. The predicted octanol–water partition coefficient (Wildman–Crippen LogP) is 1.69. The Labute approximate surface area is 101 Å². The van der Waals surface area contributed by atoms with Gasteiger partial charge in [-0.15, -0.1) is 0 Å². The summed E-state index contributed by atoms with van der Waals surface area (Å²) in [6.45, 7) is 6.90. The number of hydrogen-bond donors (Lipinski definition) is 1. The lowest BCUT2D eigenvalue weighted by molar-refractivity contribution is 0.731. The van der Waals surface area contributed by atoms with Crippen molar-refractivity contribution in [2.75, 3.05) is 5.32 Å². The maximum absolute atomic E-state index is 4.38. The van der Waals surface area contributed by atoms with Crippen molar-refractivity contribution in [2.45, 2.75) is 27.3 Å².